The molecule has 0 aliphatic carbocycles. The molecule has 1 aliphatic heterocycles. The van der Waals surface area contributed by atoms with Crippen molar-refractivity contribution in [1.29, 1.82) is 0 Å². The lowest BCUT2D eigenvalue weighted by atomic mass is 9.97. The Hall–Kier alpha value is -2.00. The molecule has 1 unspecified atom stereocenters. The van der Waals surface area contributed by atoms with Gasteiger partial charge in [-0.05, 0) is 11.1 Å². The third-order valence-corrected chi connectivity index (χ3v) is 3.96. The van der Waals surface area contributed by atoms with Crippen molar-refractivity contribution in [3.8, 4) is 0 Å². The SMILES string of the molecule is O=C1OC(CCl)CN1C(c1ccccc1)c1ccccc1. The molecule has 1 fully saturated rings. The third kappa shape index (κ3) is 2.88. The van der Waals surface area contributed by atoms with Gasteiger partial charge < -0.3 is 4.74 Å². The second-order valence-electron chi connectivity index (χ2n) is 5.04. The van der Waals surface area contributed by atoms with Gasteiger partial charge in [-0.2, -0.15) is 0 Å². The number of cyclic esters (lactones) is 1. The largest absolute Gasteiger partial charge is 0.443 e. The summed E-state index contributed by atoms with van der Waals surface area (Å²) < 4.78 is 5.30. The minimum absolute atomic E-state index is 0.145. The molecular formula is C17H16ClNO2. The molecule has 2 aromatic carbocycles. The van der Waals surface area contributed by atoms with Gasteiger partial charge in [-0.1, -0.05) is 60.7 Å². The lowest BCUT2D eigenvalue weighted by molar-refractivity contribution is 0.136. The number of halogens is 1. The summed E-state index contributed by atoms with van der Waals surface area (Å²) in [6, 6.07) is 19.8. The van der Waals surface area contributed by atoms with Crippen molar-refractivity contribution >= 4 is 17.7 Å². The van der Waals surface area contributed by atoms with Gasteiger partial charge >= 0.3 is 6.09 Å². The van der Waals surface area contributed by atoms with Crippen LogP contribution in [-0.4, -0.2) is 29.5 Å². The first-order valence-corrected chi connectivity index (χ1v) is 7.46. The van der Waals surface area contributed by atoms with E-state index in [2.05, 4.69) is 0 Å². The van der Waals surface area contributed by atoms with Gasteiger partial charge in [-0.15, -0.1) is 11.6 Å². The van der Waals surface area contributed by atoms with Crippen LogP contribution in [0.1, 0.15) is 17.2 Å². The molecule has 0 bridgehead atoms. The van der Waals surface area contributed by atoms with Crippen LogP contribution in [0.4, 0.5) is 4.79 Å². The second kappa shape index (κ2) is 6.19. The van der Waals surface area contributed by atoms with Crippen molar-refractivity contribution < 1.29 is 9.53 Å². The highest BCUT2D eigenvalue weighted by Crippen LogP contribution is 2.32. The summed E-state index contributed by atoms with van der Waals surface area (Å²) in [5, 5.41) is 0. The van der Waals surface area contributed by atoms with Gasteiger partial charge in [-0.3, -0.25) is 4.90 Å². The number of rotatable bonds is 4. The molecule has 0 spiro atoms. The maximum absolute atomic E-state index is 12.2. The molecule has 0 N–H and O–H groups in total. The Morgan fingerprint density at radius 2 is 1.57 bits per heavy atom. The Kier molecular flexibility index (Phi) is 4.11. The maximum Gasteiger partial charge on any atom is 0.411 e. The zero-order valence-corrected chi connectivity index (χ0v) is 12.2. The van der Waals surface area contributed by atoms with Crippen LogP contribution in [0.2, 0.25) is 0 Å². The van der Waals surface area contributed by atoms with Crippen molar-refractivity contribution in [3.05, 3.63) is 71.8 Å². The van der Waals surface area contributed by atoms with Crippen molar-refractivity contribution in [2.45, 2.75) is 12.1 Å². The van der Waals surface area contributed by atoms with E-state index >= 15 is 0 Å². The molecule has 1 heterocycles. The van der Waals surface area contributed by atoms with Crippen LogP contribution in [0.15, 0.2) is 60.7 Å². The molecular weight excluding hydrogens is 286 g/mol. The highest BCUT2D eigenvalue weighted by Gasteiger charge is 2.36. The fourth-order valence-electron chi connectivity index (χ4n) is 2.66. The number of hydrogen-bond donors (Lipinski definition) is 0. The van der Waals surface area contributed by atoms with E-state index in [4.69, 9.17) is 16.3 Å². The zero-order chi connectivity index (χ0) is 14.7. The third-order valence-electron chi connectivity index (χ3n) is 3.62. The Labute approximate surface area is 129 Å². The van der Waals surface area contributed by atoms with Gasteiger partial charge in [0.15, 0.2) is 0 Å². The summed E-state index contributed by atoms with van der Waals surface area (Å²) in [6.45, 7) is 0.511. The van der Waals surface area contributed by atoms with Crippen molar-refractivity contribution in [3.63, 3.8) is 0 Å². The molecule has 4 heteroatoms. The molecule has 3 rings (SSSR count). The lowest BCUT2D eigenvalue weighted by Gasteiger charge is -2.26. The highest BCUT2D eigenvalue weighted by atomic mass is 35.5. The molecule has 1 atom stereocenters. The molecule has 0 radical (unpaired) electrons. The predicted molar refractivity (Wildman–Crippen MR) is 82.4 cm³/mol. The van der Waals surface area contributed by atoms with E-state index in [0.717, 1.165) is 11.1 Å². The smallest absolute Gasteiger partial charge is 0.411 e. The fourth-order valence-corrected chi connectivity index (χ4v) is 2.82. The quantitative estimate of drug-likeness (QED) is 0.803. The minimum atomic E-state index is -0.307. The van der Waals surface area contributed by atoms with E-state index in [-0.39, 0.29) is 18.2 Å². The Balaban J connectivity index is 1.99. The first-order valence-electron chi connectivity index (χ1n) is 6.92. The van der Waals surface area contributed by atoms with E-state index in [9.17, 15) is 4.79 Å². The van der Waals surface area contributed by atoms with Gasteiger partial charge in [0.1, 0.15) is 6.10 Å². The molecule has 0 saturated carbocycles. The number of ether oxygens (including phenoxy) is 1. The number of nitrogens with zero attached hydrogens (tertiary/aromatic N) is 1. The molecule has 3 nitrogen and oxygen atoms in total. The highest BCUT2D eigenvalue weighted by molar-refractivity contribution is 6.18. The second-order valence-corrected chi connectivity index (χ2v) is 5.34. The monoisotopic (exact) mass is 301 g/mol. The summed E-state index contributed by atoms with van der Waals surface area (Å²) in [7, 11) is 0. The van der Waals surface area contributed by atoms with Gasteiger partial charge in [0.05, 0.1) is 18.5 Å². The first kappa shape index (κ1) is 14.0. The molecule has 1 amide bonds. The Bertz CT molecular complexity index is 563. The van der Waals surface area contributed by atoms with Crippen LogP contribution in [0.3, 0.4) is 0 Å². The number of amides is 1. The fraction of sp³-hybridized carbons (Fsp3) is 0.235. The van der Waals surface area contributed by atoms with Crippen LogP contribution >= 0.6 is 11.6 Å². The van der Waals surface area contributed by atoms with Crippen LogP contribution in [-0.2, 0) is 4.74 Å². The molecule has 0 aromatic heterocycles. The van der Waals surface area contributed by atoms with Crippen LogP contribution in [0.5, 0.6) is 0 Å². The number of carbonyl (C=O) groups excluding carboxylic acids is 1. The topological polar surface area (TPSA) is 29.5 Å². The summed E-state index contributed by atoms with van der Waals surface area (Å²) in [5.74, 6) is 0.318. The number of hydrogen-bond acceptors (Lipinski definition) is 2. The van der Waals surface area contributed by atoms with Gasteiger partial charge in [0.25, 0.3) is 0 Å². The van der Waals surface area contributed by atoms with Crippen molar-refractivity contribution in [2.75, 3.05) is 12.4 Å². The molecule has 2 aromatic rings. The molecule has 21 heavy (non-hydrogen) atoms. The van der Waals surface area contributed by atoms with E-state index in [0.29, 0.717) is 12.4 Å². The number of benzene rings is 2. The predicted octanol–water partition coefficient (Wildman–Crippen LogP) is 3.84. The molecule has 1 aliphatic rings. The number of alkyl halides is 1. The van der Waals surface area contributed by atoms with E-state index in [1.165, 1.54) is 0 Å². The molecule has 108 valence electrons. The Morgan fingerprint density at radius 1 is 1.05 bits per heavy atom. The Morgan fingerprint density at radius 3 is 2.00 bits per heavy atom. The van der Waals surface area contributed by atoms with Crippen molar-refractivity contribution in [2.24, 2.45) is 0 Å². The van der Waals surface area contributed by atoms with Crippen molar-refractivity contribution in [1.82, 2.24) is 4.90 Å². The van der Waals surface area contributed by atoms with Crippen LogP contribution in [0.25, 0.3) is 0 Å². The van der Waals surface area contributed by atoms with E-state index < -0.39 is 0 Å². The van der Waals surface area contributed by atoms with Gasteiger partial charge in [0.2, 0.25) is 0 Å². The zero-order valence-electron chi connectivity index (χ0n) is 11.5. The number of carbonyl (C=O) groups is 1. The minimum Gasteiger partial charge on any atom is -0.443 e. The summed E-state index contributed by atoms with van der Waals surface area (Å²) >= 11 is 5.83. The first-order chi connectivity index (χ1) is 10.3. The summed E-state index contributed by atoms with van der Waals surface area (Å²) in [6.07, 6.45) is -0.549. The van der Waals surface area contributed by atoms with E-state index in [1.54, 1.807) is 4.90 Å². The summed E-state index contributed by atoms with van der Waals surface area (Å²) in [5.41, 5.74) is 2.13. The molecule has 1 saturated heterocycles. The van der Waals surface area contributed by atoms with Gasteiger partial charge in [-0.25, -0.2) is 4.79 Å². The summed E-state index contributed by atoms with van der Waals surface area (Å²) in [4.78, 5) is 13.9. The van der Waals surface area contributed by atoms with Crippen LogP contribution in [0, 0.1) is 0 Å². The maximum atomic E-state index is 12.2. The van der Waals surface area contributed by atoms with E-state index in [1.807, 2.05) is 60.7 Å². The van der Waals surface area contributed by atoms with Gasteiger partial charge in [0, 0.05) is 0 Å². The average molecular weight is 302 g/mol. The standard InChI is InChI=1S/C17H16ClNO2/c18-11-15-12-19(17(20)21-15)16(13-7-3-1-4-8-13)14-9-5-2-6-10-14/h1-10,15-16H,11-12H2. The average Bonchev–Trinajstić information content (AvgIpc) is 2.91. The van der Waals surface area contributed by atoms with Crippen LogP contribution < -0.4 is 0 Å². The normalized spacial score (nSPS) is 18.1. The lowest BCUT2D eigenvalue weighted by Crippen LogP contribution is -2.31.